The van der Waals surface area contributed by atoms with E-state index in [1.807, 2.05) is 18.2 Å². The molecule has 1 saturated heterocycles. The molecule has 0 aromatic heterocycles. The summed E-state index contributed by atoms with van der Waals surface area (Å²) in [7, 11) is 0. The lowest BCUT2D eigenvalue weighted by Gasteiger charge is -2.20. The molecule has 2 nitrogen and oxygen atoms in total. The highest BCUT2D eigenvalue weighted by molar-refractivity contribution is 9.10. The smallest absolute Gasteiger partial charge is 0.161 e. The van der Waals surface area contributed by atoms with Crippen molar-refractivity contribution >= 4 is 27.4 Å². The highest BCUT2D eigenvalue weighted by Crippen LogP contribution is 2.27. The SMILES string of the molecule is CC(=O)c1cc(Br)ccc1N1CCCC1. The van der Waals surface area contributed by atoms with Gasteiger partial charge in [0.2, 0.25) is 0 Å². The molecule has 2 rings (SSSR count). The van der Waals surface area contributed by atoms with Gasteiger partial charge in [0.15, 0.2) is 5.78 Å². The Balaban J connectivity index is 2.40. The predicted octanol–water partition coefficient (Wildman–Crippen LogP) is 3.25. The Kier molecular flexibility index (Phi) is 3.10. The van der Waals surface area contributed by atoms with E-state index in [0.29, 0.717) is 0 Å². The molecule has 0 spiro atoms. The Morgan fingerprint density at radius 1 is 1.33 bits per heavy atom. The van der Waals surface area contributed by atoms with Gasteiger partial charge < -0.3 is 4.90 Å². The molecule has 1 aromatic carbocycles. The highest BCUT2D eigenvalue weighted by atomic mass is 79.9. The van der Waals surface area contributed by atoms with Crippen molar-refractivity contribution in [1.29, 1.82) is 0 Å². The minimum Gasteiger partial charge on any atom is -0.371 e. The lowest BCUT2D eigenvalue weighted by atomic mass is 10.1. The van der Waals surface area contributed by atoms with Gasteiger partial charge in [-0.15, -0.1) is 0 Å². The summed E-state index contributed by atoms with van der Waals surface area (Å²) in [6, 6.07) is 5.95. The van der Waals surface area contributed by atoms with Gasteiger partial charge in [0.05, 0.1) is 0 Å². The van der Waals surface area contributed by atoms with E-state index in [9.17, 15) is 4.79 Å². The van der Waals surface area contributed by atoms with Crippen molar-refractivity contribution in [2.24, 2.45) is 0 Å². The second-order valence-corrected chi connectivity index (χ2v) is 4.83. The highest BCUT2D eigenvalue weighted by Gasteiger charge is 2.17. The van der Waals surface area contributed by atoms with Gasteiger partial charge in [0, 0.05) is 28.8 Å². The van der Waals surface area contributed by atoms with Crippen LogP contribution in [0.4, 0.5) is 5.69 Å². The first kappa shape index (κ1) is 10.7. The minimum absolute atomic E-state index is 0.137. The van der Waals surface area contributed by atoms with Gasteiger partial charge in [0.25, 0.3) is 0 Å². The molecule has 0 N–H and O–H groups in total. The molecule has 0 atom stereocenters. The van der Waals surface area contributed by atoms with Gasteiger partial charge >= 0.3 is 0 Å². The second kappa shape index (κ2) is 4.35. The van der Waals surface area contributed by atoms with Gasteiger partial charge in [-0.1, -0.05) is 15.9 Å². The zero-order valence-electron chi connectivity index (χ0n) is 8.79. The molecule has 80 valence electrons. The standard InChI is InChI=1S/C12H14BrNO/c1-9(15)11-8-10(13)4-5-12(11)14-6-2-3-7-14/h4-5,8H,2-3,6-7H2,1H3. The van der Waals surface area contributed by atoms with E-state index in [4.69, 9.17) is 0 Å². The maximum atomic E-state index is 11.5. The molecule has 0 unspecified atom stereocenters. The number of carbonyl (C=O) groups excluding carboxylic acids is 1. The number of benzene rings is 1. The third kappa shape index (κ3) is 2.23. The maximum absolute atomic E-state index is 11.5. The van der Waals surface area contributed by atoms with Gasteiger partial charge in [-0.25, -0.2) is 0 Å². The van der Waals surface area contributed by atoms with Gasteiger partial charge in [-0.3, -0.25) is 4.79 Å². The Morgan fingerprint density at radius 3 is 2.60 bits per heavy atom. The van der Waals surface area contributed by atoms with Gasteiger partial charge in [0.1, 0.15) is 0 Å². The second-order valence-electron chi connectivity index (χ2n) is 3.91. The first-order valence-corrected chi connectivity index (χ1v) is 6.03. The largest absolute Gasteiger partial charge is 0.371 e. The van der Waals surface area contributed by atoms with Crippen LogP contribution >= 0.6 is 15.9 Å². The molecule has 1 fully saturated rings. The van der Waals surface area contributed by atoms with Crippen molar-refractivity contribution in [3.8, 4) is 0 Å². The van der Waals surface area contributed by atoms with Crippen LogP contribution in [0.5, 0.6) is 0 Å². The fourth-order valence-corrected chi connectivity index (χ4v) is 2.39. The number of hydrogen-bond acceptors (Lipinski definition) is 2. The van der Waals surface area contributed by atoms with Crippen LogP contribution in [-0.4, -0.2) is 18.9 Å². The van der Waals surface area contributed by atoms with Crippen molar-refractivity contribution in [1.82, 2.24) is 0 Å². The number of nitrogens with zero attached hydrogens (tertiary/aromatic N) is 1. The molecule has 15 heavy (non-hydrogen) atoms. The molecule has 1 heterocycles. The van der Waals surface area contributed by atoms with Crippen molar-refractivity contribution < 1.29 is 4.79 Å². The van der Waals surface area contributed by atoms with Crippen LogP contribution in [0.1, 0.15) is 30.1 Å². The zero-order chi connectivity index (χ0) is 10.8. The Bertz CT molecular complexity index is 383. The Hall–Kier alpha value is -0.830. The Labute approximate surface area is 98.4 Å². The lowest BCUT2D eigenvalue weighted by molar-refractivity contribution is 0.101. The molecule has 0 saturated carbocycles. The van der Waals surface area contributed by atoms with Crippen LogP contribution in [0.3, 0.4) is 0 Å². The summed E-state index contributed by atoms with van der Waals surface area (Å²) in [5.74, 6) is 0.137. The summed E-state index contributed by atoms with van der Waals surface area (Å²) < 4.78 is 0.968. The number of Topliss-reactive ketones (excluding diaryl/α,β-unsaturated/α-hetero) is 1. The Morgan fingerprint density at radius 2 is 2.00 bits per heavy atom. The van der Waals surface area contributed by atoms with Crippen LogP contribution in [0, 0.1) is 0 Å². The molecule has 0 aliphatic carbocycles. The maximum Gasteiger partial charge on any atom is 0.161 e. The average molecular weight is 268 g/mol. The summed E-state index contributed by atoms with van der Waals surface area (Å²) >= 11 is 3.40. The number of hydrogen-bond donors (Lipinski definition) is 0. The van der Waals surface area contributed by atoms with Gasteiger partial charge in [-0.05, 0) is 38.0 Å². The average Bonchev–Trinajstić information content (AvgIpc) is 2.70. The quantitative estimate of drug-likeness (QED) is 0.767. The van der Waals surface area contributed by atoms with Crippen LogP contribution in [0.15, 0.2) is 22.7 Å². The van der Waals surface area contributed by atoms with E-state index in [-0.39, 0.29) is 5.78 Å². The molecule has 1 aliphatic rings. The van der Waals surface area contributed by atoms with E-state index < -0.39 is 0 Å². The summed E-state index contributed by atoms with van der Waals surface area (Å²) in [6.07, 6.45) is 2.46. The third-order valence-electron chi connectivity index (χ3n) is 2.78. The summed E-state index contributed by atoms with van der Waals surface area (Å²) in [5, 5.41) is 0. The topological polar surface area (TPSA) is 20.3 Å². The first-order chi connectivity index (χ1) is 7.18. The lowest BCUT2D eigenvalue weighted by Crippen LogP contribution is -2.20. The zero-order valence-corrected chi connectivity index (χ0v) is 10.4. The fraction of sp³-hybridized carbons (Fsp3) is 0.417. The van der Waals surface area contributed by atoms with Crippen LogP contribution in [0.2, 0.25) is 0 Å². The number of ketones is 1. The van der Waals surface area contributed by atoms with Crippen LogP contribution in [0.25, 0.3) is 0 Å². The summed E-state index contributed by atoms with van der Waals surface area (Å²) in [6.45, 7) is 3.77. The summed E-state index contributed by atoms with van der Waals surface area (Å²) in [5.41, 5.74) is 1.91. The predicted molar refractivity (Wildman–Crippen MR) is 65.6 cm³/mol. The number of rotatable bonds is 2. The minimum atomic E-state index is 0.137. The molecular formula is C12H14BrNO. The van der Waals surface area contributed by atoms with Crippen molar-refractivity contribution in [3.63, 3.8) is 0 Å². The fourth-order valence-electron chi connectivity index (χ4n) is 2.02. The van der Waals surface area contributed by atoms with Crippen molar-refractivity contribution in [3.05, 3.63) is 28.2 Å². The number of halogens is 1. The monoisotopic (exact) mass is 267 g/mol. The van der Waals surface area contributed by atoms with Crippen LogP contribution in [-0.2, 0) is 0 Å². The molecule has 1 aliphatic heterocycles. The molecule has 0 radical (unpaired) electrons. The molecule has 1 aromatic rings. The molecule has 0 bridgehead atoms. The number of anilines is 1. The molecule has 0 amide bonds. The van der Waals surface area contributed by atoms with E-state index >= 15 is 0 Å². The first-order valence-electron chi connectivity index (χ1n) is 5.24. The number of carbonyl (C=O) groups is 1. The van der Waals surface area contributed by atoms with E-state index in [0.717, 1.165) is 28.8 Å². The van der Waals surface area contributed by atoms with Gasteiger partial charge in [-0.2, -0.15) is 0 Å². The van der Waals surface area contributed by atoms with E-state index in [2.05, 4.69) is 20.8 Å². The van der Waals surface area contributed by atoms with Crippen LogP contribution < -0.4 is 4.90 Å². The molecule has 3 heteroatoms. The third-order valence-corrected chi connectivity index (χ3v) is 3.28. The van der Waals surface area contributed by atoms with E-state index in [1.54, 1.807) is 6.92 Å². The normalized spacial score (nSPS) is 15.7. The van der Waals surface area contributed by atoms with E-state index in [1.165, 1.54) is 12.8 Å². The molecular weight excluding hydrogens is 254 g/mol. The summed E-state index contributed by atoms with van der Waals surface area (Å²) in [4.78, 5) is 13.8. The van der Waals surface area contributed by atoms with Crippen molar-refractivity contribution in [2.75, 3.05) is 18.0 Å². The van der Waals surface area contributed by atoms with Crippen molar-refractivity contribution in [2.45, 2.75) is 19.8 Å².